The van der Waals surface area contributed by atoms with Crippen molar-refractivity contribution in [2.24, 2.45) is 0 Å². The number of halogens is 2. The number of nitrogens with zero attached hydrogens (tertiary/aromatic N) is 3. The van der Waals surface area contributed by atoms with E-state index in [2.05, 4.69) is 19.6 Å². The Bertz CT molecular complexity index is 1000. The molecule has 0 bridgehead atoms. The average Bonchev–Trinajstić information content (AvgIpc) is 3.40. The first-order chi connectivity index (χ1) is 15.8. The molecule has 1 saturated heterocycles. The van der Waals surface area contributed by atoms with Crippen molar-refractivity contribution < 1.29 is 17.7 Å². The van der Waals surface area contributed by atoms with Gasteiger partial charge in [-0.05, 0) is 36.6 Å². The highest BCUT2D eigenvalue weighted by molar-refractivity contribution is 7.83. The highest BCUT2D eigenvalue weighted by Gasteiger charge is 2.40. The maximum Gasteiger partial charge on any atom is 0.284 e. The smallest absolute Gasteiger partial charge is 0.284 e. The van der Waals surface area contributed by atoms with Gasteiger partial charge >= 0.3 is 0 Å². The molecule has 0 aromatic heterocycles. The quantitative estimate of drug-likeness (QED) is 0.423. The fourth-order valence-electron chi connectivity index (χ4n) is 4.67. The normalized spacial score (nSPS) is 20.4. The van der Waals surface area contributed by atoms with Crippen molar-refractivity contribution in [2.45, 2.75) is 36.1 Å². The van der Waals surface area contributed by atoms with Crippen LogP contribution in [-0.2, 0) is 27.9 Å². The Kier molecular flexibility index (Phi) is 7.78. The second-order valence-electron chi connectivity index (χ2n) is 8.40. The minimum Gasteiger partial charge on any atom is -0.383 e. The van der Waals surface area contributed by atoms with Crippen LogP contribution in [0.3, 0.4) is 0 Å². The number of benzene rings is 2. The lowest BCUT2D eigenvalue weighted by molar-refractivity contribution is 0.0847. The molecule has 2 aromatic carbocycles. The number of rotatable bonds is 9. The lowest BCUT2D eigenvalue weighted by Gasteiger charge is -2.35. The molecule has 10 heteroatoms. The number of alkyl halides is 2. The van der Waals surface area contributed by atoms with Crippen LogP contribution in [0.5, 0.6) is 0 Å². The summed E-state index contributed by atoms with van der Waals surface area (Å²) >= 11 is 0. The largest absolute Gasteiger partial charge is 0.383 e. The zero-order chi connectivity index (χ0) is 23.6. The topological polar surface area (TPSA) is 48.1 Å². The Balaban J connectivity index is 1.68. The fourth-order valence-corrected chi connectivity index (χ4v) is 5.82. The van der Waals surface area contributed by atoms with Crippen LogP contribution in [0.2, 0.25) is 0 Å². The van der Waals surface area contributed by atoms with E-state index in [1.54, 1.807) is 34.5 Å². The lowest BCUT2D eigenvalue weighted by atomic mass is 10.1. The van der Waals surface area contributed by atoms with E-state index >= 15 is 0 Å². The third-order valence-electron chi connectivity index (χ3n) is 6.23. The number of nitrogens with one attached hydrogen (secondary N) is 1. The molecule has 0 radical (unpaired) electrons. The standard InChI is InChI=1S/C23H31F2N4O2PS/c1-27-22(28-12-5-6-13-28)19-15-18(33(30)26-11-14-31-2)9-10-21(19)29(27)16-17-7-3-4-8-20(17)23(24,25)32/h3-4,7-10,15,22,26H,5-6,11-14,16,32H2,1-2H3. The van der Waals surface area contributed by atoms with Gasteiger partial charge in [0.1, 0.15) is 17.2 Å². The molecule has 1 fully saturated rings. The van der Waals surface area contributed by atoms with Crippen LogP contribution >= 0.6 is 9.24 Å². The van der Waals surface area contributed by atoms with Crippen molar-refractivity contribution in [3.63, 3.8) is 0 Å². The molecule has 2 aliphatic heterocycles. The molecule has 2 aromatic rings. The molecule has 0 amide bonds. The summed E-state index contributed by atoms with van der Waals surface area (Å²) in [6.45, 7) is 3.23. The van der Waals surface area contributed by atoms with Gasteiger partial charge < -0.3 is 4.74 Å². The first-order valence-corrected chi connectivity index (χ1v) is 12.8. The van der Waals surface area contributed by atoms with Gasteiger partial charge in [-0.2, -0.15) is 8.78 Å². The molecule has 3 unspecified atom stereocenters. The third-order valence-corrected chi connectivity index (χ3v) is 7.69. The van der Waals surface area contributed by atoms with E-state index in [1.807, 2.05) is 25.2 Å². The summed E-state index contributed by atoms with van der Waals surface area (Å²) in [4.78, 5) is 3.10. The van der Waals surface area contributed by atoms with Crippen molar-refractivity contribution in [1.82, 2.24) is 14.6 Å². The van der Waals surface area contributed by atoms with Gasteiger partial charge in [0.05, 0.1) is 23.7 Å². The molecule has 0 aliphatic carbocycles. The van der Waals surface area contributed by atoms with Crippen LogP contribution in [0, 0.1) is 0 Å². The van der Waals surface area contributed by atoms with E-state index < -0.39 is 16.6 Å². The Morgan fingerprint density at radius 2 is 1.94 bits per heavy atom. The minimum absolute atomic E-state index is 0.00893. The highest BCUT2D eigenvalue weighted by atomic mass is 32.2. The van der Waals surface area contributed by atoms with Crippen molar-refractivity contribution in [1.29, 1.82) is 0 Å². The second kappa shape index (κ2) is 10.4. The Hall–Kier alpha value is -1.48. The maximum absolute atomic E-state index is 14.2. The van der Waals surface area contributed by atoms with Crippen molar-refractivity contribution in [3.8, 4) is 0 Å². The summed E-state index contributed by atoms with van der Waals surface area (Å²) in [5, 5.41) is 4.18. The molecule has 180 valence electrons. The summed E-state index contributed by atoms with van der Waals surface area (Å²) in [6, 6.07) is 12.5. The van der Waals surface area contributed by atoms with Gasteiger partial charge in [-0.1, -0.05) is 33.5 Å². The van der Waals surface area contributed by atoms with Crippen LogP contribution in [0.1, 0.15) is 35.7 Å². The Morgan fingerprint density at radius 1 is 1.21 bits per heavy atom. The molecular weight excluding hydrogens is 465 g/mol. The van der Waals surface area contributed by atoms with Crippen LogP contribution in [-0.4, -0.2) is 54.5 Å². The predicted molar refractivity (Wildman–Crippen MR) is 130 cm³/mol. The lowest BCUT2D eigenvalue weighted by Crippen LogP contribution is -2.42. The van der Waals surface area contributed by atoms with Crippen molar-refractivity contribution in [2.75, 3.05) is 45.4 Å². The first-order valence-electron chi connectivity index (χ1n) is 11.1. The van der Waals surface area contributed by atoms with E-state index in [0.29, 0.717) is 30.2 Å². The van der Waals surface area contributed by atoms with E-state index in [4.69, 9.17) is 4.74 Å². The van der Waals surface area contributed by atoms with Crippen LogP contribution in [0.4, 0.5) is 14.5 Å². The number of hydrogen-bond donors (Lipinski definition) is 1. The number of ether oxygens (including phenoxy) is 1. The first kappa shape index (κ1) is 24.6. The van der Waals surface area contributed by atoms with E-state index in [1.165, 1.54) is 6.07 Å². The van der Waals surface area contributed by atoms with Gasteiger partial charge in [-0.15, -0.1) is 0 Å². The number of anilines is 1. The number of hydrogen-bond acceptors (Lipinski definition) is 5. The second-order valence-corrected chi connectivity index (χ2v) is 10.4. The molecule has 0 spiro atoms. The zero-order valence-electron chi connectivity index (χ0n) is 19.0. The minimum atomic E-state index is -3.00. The van der Waals surface area contributed by atoms with Gasteiger partial charge in [-0.3, -0.25) is 9.91 Å². The average molecular weight is 497 g/mol. The molecule has 2 aliphatic rings. The maximum atomic E-state index is 14.2. The summed E-state index contributed by atoms with van der Waals surface area (Å²) in [5.41, 5.74) is -0.413. The summed E-state index contributed by atoms with van der Waals surface area (Å²) in [5.74, 6) is 0. The zero-order valence-corrected chi connectivity index (χ0v) is 20.9. The summed E-state index contributed by atoms with van der Waals surface area (Å²) in [6.07, 6.45) is 2.24. The molecule has 6 nitrogen and oxygen atoms in total. The van der Waals surface area contributed by atoms with Crippen LogP contribution in [0.15, 0.2) is 47.4 Å². The molecule has 4 rings (SSSR count). The van der Waals surface area contributed by atoms with E-state index in [0.717, 1.165) is 37.2 Å². The summed E-state index contributed by atoms with van der Waals surface area (Å²) in [7, 11) is 3.90. The Morgan fingerprint density at radius 3 is 2.64 bits per heavy atom. The van der Waals surface area contributed by atoms with Gasteiger partial charge in [0.25, 0.3) is 5.66 Å². The van der Waals surface area contributed by atoms with Crippen LogP contribution < -0.4 is 9.73 Å². The van der Waals surface area contributed by atoms with E-state index in [9.17, 15) is 13.0 Å². The molecule has 1 N–H and O–H groups in total. The predicted octanol–water partition coefficient (Wildman–Crippen LogP) is 3.83. The van der Waals surface area contributed by atoms with E-state index in [-0.39, 0.29) is 11.7 Å². The van der Waals surface area contributed by atoms with Gasteiger partial charge in [0.2, 0.25) is 0 Å². The third kappa shape index (κ3) is 5.29. The monoisotopic (exact) mass is 496 g/mol. The van der Waals surface area contributed by atoms with Crippen molar-refractivity contribution >= 4 is 25.9 Å². The van der Waals surface area contributed by atoms with Gasteiger partial charge in [-0.25, -0.2) is 13.9 Å². The summed E-state index contributed by atoms with van der Waals surface area (Å²) < 4.78 is 49.3. The number of fused-ring (bicyclic) bond motifs is 1. The molecule has 3 atom stereocenters. The fraction of sp³-hybridized carbons (Fsp3) is 0.478. The Labute approximate surface area is 199 Å². The highest BCUT2D eigenvalue weighted by Crippen LogP contribution is 2.45. The van der Waals surface area contributed by atoms with Crippen molar-refractivity contribution in [3.05, 3.63) is 59.2 Å². The van der Waals surface area contributed by atoms with Gasteiger partial charge in [0, 0.05) is 44.9 Å². The van der Waals surface area contributed by atoms with Crippen LogP contribution in [0.25, 0.3) is 0 Å². The number of methoxy groups -OCH3 is 1. The molecule has 0 saturated carbocycles. The molecular formula is C23H31F2N4O2PS. The number of hydrazine groups is 1. The number of likely N-dealkylation sites (tertiary alicyclic amines) is 1. The molecule has 33 heavy (non-hydrogen) atoms. The molecule has 2 heterocycles. The SMILES string of the molecule is COCCNS(=O)c1ccc2c(c1)C(N1CCCC1)N(C)N2Cc1ccccc1C(F)(F)P. The van der Waals surface area contributed by atoms with Gasteiger partial charge in [0.15, 0.2) is 0 Å².